The normalized spacial score (nSPS) is 19.8. The zero-order chi connectivity index (χ0) is 26.3. The Hall–Kier alpha value is -3.42. The van der Waals surface area contributed by atoms with E-state index >= 15 is 0 Å². The summed E-state index contributed by atoms with van der Waals surface area (Å²) >= 11 is 5.87. The highest BCUT2D eigenvalue weighted by atomic mass is 35.5. The summed E-state index contributed by atoms with van der Waals surface area (Å²) in [7, 11) is 1.46. The average molecular weight is 532 g/mol. The van der Waals surface area contributed by atoms with Crippen LogP contribution in [0.2, 0.25) is 5.02 Å². The van der Waals surface area contributed by atoms with Crippen molar-refractivity contribution in [1.82, 2.24) is 34.8 Å². The van der Waals surface area contributed by atoms with E-state index in [9.17, 15) is 26.7 Å². The van der Waals surface area contributed by atoms with Crippen LogP contribution in [0.15, 0.2) is 30.7 Å². The van der Waals surface area contributed by atoms with Gasteiger partial charge in [0.25, 0.3) is 11.8 Å². The summed E-state index contributed by atoms with van der Waals surface area (Å²) in [5.41, 5.74) is -0.929. The molecule has 0 aromatic carbocycles. The lowest BCUT2D eigenvalue weighted by Crippen LogP contribution is -2.57. The summed E-state index contributed by atoms with van der Waals surface area (Å²) in [4.78, 5) is 26.7. The zero-order valence-electron chi connectivity index (χ0n) is 18.9. The number of piperidine rings is 1. The third-order valence-corrected chi connectivity index (χ3v) is 5.79. The molecule has 4 heterocycles. The van der Waals surface area contributed by atoms with Crippen LogP contribution in [0.1, 0.15) is 29.4 Å². The van der Waals surface area contributed by atoms with Gasteiger partial charge in [-0.3, -0.25) is 9.78 Å². The van der Waals surface area contributed by atoms with Gasteiger partial charge in [0.1, 0.15) is 12.3 Å². The fraction of sp³-hybridized carbons (Fsp3) is 0.429. The molecule has 3 aromatic heterocycles. The number of amides is 1. The summed E-state index contributed by atoms with van der Waals surface area (Å²) in [5, 5.41) is 8.57. The molecule has 0 unspecified atom stereocenters. The molecule has 1 fully saturated rings. The predicted octanol–water partition coefficient (Wildman–Crippen LogP) is 3.90. The van der Waals surface area contributed by atoms with Gasteiger partial charge in [-0.2, -0.15) is 23.1 Å². The third kappa shape index (κ3) is 5.53. The number of carbonyl (C=O) groups excluding carboxylic acids is 1. The quantitative estimate of drug-likeness (QED) is 0.460. The Morgan fingerprint density at radius 3 is 2.47 bits per heavy atom. The van der Waals surface area contributed by atoms with E-state index in [1.807, 2.05) is 0 Å². The highest BCUT2D eigenvalue weighted by Crippen LogP contribution is 2.36. The van der Waals surface area contributed by atoms with E-state index in [0.717, 1.165) is 9.70 Å². The molecule has 0 aliphatic carbocycles. The minimum absolute atomic E-state index is 0.0754. The number of rotatable bonds is 5. The molecule has 0 spiro atoms. The minimum atomic E-state index is -4.63. The summed E-state index contributed by atoms with van der Waals surface area (Å²) in [6.07, 6.45) is -2.70. The smallest absolute Gasteiger partial charge is 0.419 e. The Morgan fingerprint density at radius 1 is 1.17 bits per heavy atom. The molecule has 15 heteroatoms. The molecule has 0 radical (unpaired) electrons. The van der Waals surface area contributed by atoms with Crippen molar-refractivity contribution in [2.24, 2.45) is 13.0 Å². The molecule has 1 aliphatic heterocycles. The largest absolute Gasteiger partial charge is 0.461 e. The molecule has 1 saturated heterocycles. The Bertz CT molecular complexity index is 1230. The molecular weight excluding hydrogens is 513 g/mol. The lowest BCUT2D eigenvalue weighted by atomic mass is 9.88. The van der Waals surface area contributed by atoms with Crippen LogP contribution in [0, 0.1) is 5.92 Å². The summed E-state index contributed by atoms with van der Waals surface area (Å²) in [6, 6.07) is 1.78. The van der Waals surface area contributed by atoms with Crippen molar-refractivity contribution in [3.8, 4) is 17.4 Å². The molecule has 0 saturated carbocycles. The number of carbonyl (C=O) groups is 1. The van der Waals surface area contributed by atoms with Gasteiger partial charge in [0.15, 0.2) is 5.69 Å². The molecule has 1 amide bonds. The number of hydrogen-bond acceptors (Lipinski definition) is 7. The van der Waals surface area contributed by atoms with E-state index in [2.05, 4.69) is 25.1 Å². The molecule has 0 bridgehead atoms. The second-order valence-electron chi connectivity index (χ2n) is 8.35. The highest BCUT2D eigenvalue weighted by Gasteiger charge is 2.47. The van der Waals surface area contributed by atoms with Gasteiger partial charge >= 0.3 is 12.2 Å². The van der Waals surface area contributed by atoms with Crippen molar-refractivity contribution in [1.29, 1.82) is 0 Å². The molecule has 4 rings (SSSR count). The van der Waals surface area contributed by atoms with Crippen LogP contribution in [-0.2, 0) is 13.2 Å². The van der Waals surface area contributed by atoms with Crippen LogP contribution in [0.4, 0.5) is 22.0 Å². The summed E-state index contributed by atoms with van der Waals surface area (Å²) in [6.45, 7) is 0.276. The third-order valence-electron chi connectivity index (χ3n) is 5.57. The van der Waals surface area contributed by atoms with Gasteiger partial charge in [0.2, 0.25) is 0 Å². The monoisotopic (exact) mass is 531 g/mol. The predicted molar refractivity (Wildman–Crippen MR) is 115 cm³/mol. The molecule has 36 heavy (non-hydrogen) atoms. The van der Waals surface area contributed by atoms with Gasteiger partial charge < -0.3 is 9.64 Å². The molecule has 9 nitrogen and oxygen atoms in total. The van der Waals surface area contributed by atoms with E-state index in [1.54, 1.807) is 0 Å². The van der Waals surface area contributed by atoms with E-state index in [1.165, 1.54) is 32.3 Å². The minimum Gasteiger partial charge on any atom is -0.461 e. The number of aryl methyl sites for hydroxylation is 1. The highest BCUT2D eigenvalue weighted by molar-refractivity contribution is 6.30. The van der Waals surface area contributed by atoms with Gasteiger partial charge in [-0.15, -0.1) is 5.10 Å². The van der Waals surface area contributed by atoms with Crippen LogP contribution in [0.5, 0.6) is 6.01 Å². The average Bonchev–Trinajstić information content (AvgIpc) is 3.19. The van der Waals surface area contributed by atoms with Crippen LogP contribution < -0.4 is 4.74 Å². The number of nitrogens with zero attached hydrogens (tertiary/aromatic N) is 7. The van der Waals surface area contributed by atoms with Gasteiger partial charge in [-0.1, -0.05) is 18.5 Å². The number of hydrogen-bond donors (Lipinski definition) is 0. The standard InChI is InChI=1S/C21H19ClF5N7O2/c1-11-5-20(23,24)10-34(15(11)9-36-19-29-6-12(7-30-19)21(25,26)27)18(35)17-16(31-33(2)32-17)14-4-3-13(22)8-28-14/h3-4,6-8,11,15H,5,9-10H2,1-2H3/t11-,15-/m1/s1. The van der Waals surface area contributed by atoms with Crippen LogP contribution in [0.25, 0.3) is 11.4 Å². The van der Waals surface area contributed by atoms with Crippen LogP contribution >= 0.6 is 11.6 Å². The van der Waals surface area contributed by atoms with Crippen molar-refractivity contribution >= 4 is 17.5 Å². The molecule has 1 aliphatic rings. The topological polar surface area (TPSA) is 98.9 Å². The first kappa shape index (κ1) is 25.7. The second-order valence-corrected chi connectivity index (χ2v) is 8.79. The van der Waals surface area contributed by atoms with Crippen LogP contribution in [-0.4, -0.2) is 65.9 Å². The Labute approximate surface area is 206 Å². The Kier molecular flexibility index (Phi) is 6.82. The Balaban J connectivity index is 1.60. The number of halogens is 6. The van der Waals surface area contributed by atoms with Crippen molar-refractivity contribution in [2.45, 2.75) is 31.5 Å². The van der Waals surface area contributed by atoms with Crippen molar-refractivity contribution in [3.63, 3.8) is 0 Å². The zero-order valence-corrected chi connectivity index (χ0v) is 19.6. The first-order valence-corrected chi connectivity index (χ1v) is 11.0. The van der Waals surface area contributed by atoms with Crippen LogP contribution in [0.3, 0.4) is 0 Å². The lowest BCUT2D eigenvalue weighted by molar-refractivity contribution is -0.138. The van der Waals surface area contributed by atoms with Crippen molar-refractivity contribution < 1.29 is 31.5 Å². The molecule has 3 aromatic rings. The number of ether oxygens (including phenoxy) is 1. The van der Waals surface area contributed by atoms with Gasteiger partial charge in [0.05, 0.1) is 28.9 Å². The first-order chi connectivity index (χ1) is 16.8. The second kappa shape index (κ2) is 9.56. The van der Waals surface area contributed by atoms with Gasteiger partial charge in [-0.25, -0.2) is 18.7 Å². The van der Waals surface area contributed by atoms with E-state index in [4.69, 9.17) is 16.3 Å². The molecular formula is C21H19ClF5N7O2. The van der Waals surface area contributed by atoms with E-state index in [-0.39, 0.29) is 29.7 Å². The maximum atomic E-state index is 14.5. The fourth-order valence-electron chi connectivity index (χ4n) is 3.89. The first-order valence-electron chi connectivity index (χ1n) is 10.6. The molecule has 2 atom stereocenters. The fourth-order valence-corrected chi connectivity index (χ4v) is 4.01. The maximum absolute atomic E-state index is 14.5. The number of alkyl halides is 5. The summed E-state index contributed by atoms with van der Waals surface area (Å²) < 4.78 is 72.6. The molecule has 0 N–H and O–H groups in total. The maximum Gasteiger partial charge on any atom is 0.419 e. The Morgan fingerprint density at radius 2 is 1.86 bits per heavy atom. The number of pyridine rings is 1. The van der Waals surface area contributed by atoms with E-state index < -0.39 is 48.5 Å². The number of likely N-dealkylation sites (tertiary alicyclic amines) is 1. The van der Waals surface area contributed by atoms with Gasteiger partial charge in [0, 0.05) is 32.1 Å². The molecule has 192 valence electrons. The number of aromatic nitrogens is 6. The SMILES string of the molecule is C[C@@H]1CC(F)(F)CN(C(=O)c2nn(C)nc2-c2ccc(Cl)cn2)[C@@H]1COc1ncc(C(F)(F)F)cn1. The van der Waals surface area contributed by atoms with E-state index in [0.29, 0.717) is 17.4 Å². The van der Waals surface area contributed by atoms with Crippen molar-refractivity contribution in [2.75, 3.05) is 13.2 Å². The lowest BCUT2D eigenvalue weighted by Gasteiger charge is -2.42. The van der Waals surface area contributed by atoms with Gasteiger partial charge in [-0.05, 0) is 18.1 Å². The van der Waals surface area contributed by atoms with Crippen molar-refractivity contribution in [3.05, 3.63) is 47.0 Å². The summed E-state index contributed by atoms with van der Waals surface area (Å²) in [5.74, 6) is -4.75.